The highest BCUT2D eigenvalue weighted by atomic mass is 31.2. The Kier molecular flexibility index (Phi) is 63.7. The molecule has 0 spiro atoms. The number of carbonyl (C=O) groups is 4. The Labute approximate surface area is 562 Å². The fraction of sp³-hybridized carbons (Fsp3) is 0.945. The molecule has 0 aromatic rings. The molecule has 0 saturated carbocycles. The molecule has 0 fully saturated rings. The van der Waals surface area contributed by atoms with Crippen molar-refractivity contribution < 1.29 is 80.2 Å². The lowest BCUT2D eigenvalue weighted by Gasteiger charge is -2.21. The van der Waals surface area contributed by atoms with Gasteiger partial charge in [-0.3, -0.25) is 37.3 Å². The molecule has 0 bridgehead atoms. The van der Waals surface area contributed by atoms with Crippen LogP contribution in [0.1, 0.15) is 375 Å². The second-order valence-corrected chi connectivity index (χ2v) is 30.0. The van der Waals surface area contributed by atoms with Crippen LogP contribution in [0.2, 0.25) is 0 Å². The average molecular weight is 1350 g/mol. The monoisotopic (exact) mass is 1350 g/mol. The van der Waals surface area contributed by atoms with Gasteiger partial charge in [0, 0.05) is 25.7 Å². The molecule has 0 radical (unpaired) electrons. The molecule has 92 heavy (non-hydrogen) atoms. The Morgan fingerprint density at radius 2 is 0.554 bits per heavy atom. The maximum absolute atomic E-state index is 13.0. The largest absolute Gasteiger partial charge is 0.472 e. The van der Waals surface area contributed by atoms with Crippen molar-refractivity contribution in [2.24, 2.45) is 11.8 Å². The molecule has 0 saturated heterocycles. The Hall–Kier alpha value is -1.94. The summed E-state index contributed by atoms with van der Waals surface area (Å²) in [4.78, 5) is 72.6. The minimum atomic E-state index is -4.95. The molecule has 17 nitrogen and oxygen atoms in total. The van der Waals surface area contributed by atoms with Crippen molar-refractivity contribution in [1.29, 1.82) is 0 Å². The highest BCUT2D eigenvalue weighted by molar-refractivity contribution is 7.47. The minimum Gasteiger partial charge on any atom is -0.462 e. The van der Waals surface area contributed by atoms with Crippen molar-refractivity contribution >= 4 is 39.5 Å². The summed E-state index contributed by atoms with van der Waals surface area (Å²) in [5.41, 5.74) is 0. The van der Waals surface area contributed by atoms with E-state index in [-0.39, 0.29) is 25.7 Å². The predicted molar refractivity (Wildman–Crippen MR) is 372 cm³/mol. The summed E-state index contributed by atoms with van der Waals surface area (Å²) in [7, 11) is -9.90. The van der Waals surface area contributed by atoms with Crippen LogP contribution in [0.25, 0.3) is 0 Å². The summed E-state index contributed by atoms with van der Waals surface area (Å²) >= 11 is 0. The minimum absolute atomic E-state index is 0.106. The number of rotatable bonds is 72. The zero-order chi connectivity index (χ0) is 67.9. The lowest BCUT2D eigenvalue weighted by atomic mass is 10.00. The van der Waals surface area contributed by atoms with Gasteiger partial charge in [-0.05, 0) is 37.5 Å². The summed E-state index contributed by atoms with van der Waals surface area (Å²) in [6, 6.07) is 0. The van der Waals surface area contributed by atoms with Crippen molar-refractivity contribution in [3.8, 4) is 0 Å². The molecular formula is C73H142O17P2. The van der Waals surface area contributed by atoms with Crippen molar-refractivity contribution in [3.63, 3.8) is 0 Å². The van der Waals surface area contributed by atoms with Gasteiger partial charge in [0.25, 0.3) is 0 Å². The van der Waals surface area contributed by atoms with E-state index >= 15 is 0 Å². The standard InChI is InChI=1S/C73H142O17P2/c1-7-10-12-14-16-18-20-21-22-23-24-25-26-27-28-30-32-38-46-52-58-73(78)89-68(61-83-70(75)55-49-43-36-34-33-35-41-47-53-65(4)5)63-87-91(79,80)85-59-67(74)60-86-92(81,82)88-64-69(62-84-71(76)56-50-44-40-39-42-48-54-66(6)9-3)90-72(77)57-51-45-37-31-29-19-17-15-13-11-8-2/h65-69,74H,7-64H2,1-6H3,(H,79,80)(H,81,82)/t66?,67-,68-,69-/m1/s1. The summed E-state index contributed by atoms with van der Waals surface area (Å²) in [5.74, 6) is -0.665. The zero-order valence-electron chi connectivity index (χ0n) is 59.9. The average Bonchev–Trinajstić information content (AvgIpc) is 1.84. The SMILES string of the molecule is CCCCCCCCCCCCCCCCCCCCCCC(=O)O[C@H](COC(=O)CCCCCCCCCCC(C)C)COP(=O)(O)OC[C@@H](O)COP(=O)(O)OC[C@@H](COC(=O)CCCCCCCCC(C)CC)OC(=O)CCCCCCCCCCCCC. The van der Waals surface area contributed by atoms with Crippen LogP contribution in [0.5, 0.6) is 0 Å². The number of aliphatic hydroxyl groups excluding tert-OH is 1. The van der Waals surface area contributed by atoms with Crippen molar-refractivity contribution in [2.45, 2.75) is 394 Å². The fourth-order valence-electron chi connectivity index (χ4n) is 11.1. The van der Waals surface area contributed by atoms with Gasteiger partial charge in [0.15, 0.2) is 12.2 Å². The normalized spacial score (nSPS) is 14.4. The molecule has 6 atom stereocenters. The lowest BCUT2D eigenvalue weighted by molar-refractivity contribution is -0.161. The van der Waals surface area contributed by atoms with Crippen molar-refractivity contribution in [1.82, 2.24) is 0 Å². The molecule has 19 heteroatoms. The van der Waals surface area contributed by atoms with E-state index in [2.05, 4.69) is 41.5 Å². The second-order valence-electron chi connectivity index (χ2n) is 27.1. The quantitative estimate of drug-likeness (QED) is 0.0222. The zero-order valence-corrected chi connectivity index (χ0v) is 61.6. The van der Waals surface area contributed by atoms with E-state index in [1.165, 1.54) is 186 Å². The maximum atomic E-state index is 13.0. The molecule has 0 aliphatic heterocycles. The molecule has 0 aliphatic carbocycles. The molecule has 0 aromatic carbocycles. The van der Waals surface area contributed by atoms with Gasteiger partial charge in [-0.25, -0.2) is 9.13 Å². The summed E-state index contributed by atoms with van der Waals surface area (Å²) in [5, 5.41) is 10.6. The highest BCUT2D eigenvalue weighted by Crippen LogP contribution is 2.45. The number of unbranched alkanes of at least 4 members (excludes halogenated alkanes) is 41. The molecule has 0 aromatic heterocycles. The van der Waals surface area contributed by atoms with E-state index in [4.69, 9.17) is 37.0 Å². The number of ether oxygens (including phenoxy) is 4. The molecule has 0 amide bonds. The van der Waals surface area contributed by atoms with Gasteiger partial charge in [0.05, 0.1) is 26.4 Å². The van der Waals surface area contributed by atoms with Gasteiger partial charge in [-0.2, -0.15) is 0 Å². The molecule has 3 unspecified atom stereocenters. The van der Waals surface area contributed by atoms with Gasteiger partial charge in [-0.1, -0.05) is 324 Å². The smallest absolute Gasteiger partial charge is 0.462 e. The molecule has 0 rings (SSSR count). The van der Waals surface area contributed by atoms with E-state index in [0.29, 0.717) is 25.7 Å². The van der Waals surface area contributed by atoms with E-state index < -0.39 is 97.5 Å². The molecule has 546 valence electrons. The van der Waals surface area contributed by atoms with Gasteiger partial charge in [-0.15, -0.1) is 0 Å². The summed E-state index contributed by atoms with van der Waals surface area (Å²) in [6.07, 6.45) is 51.5. The Bertz CT molecular complexity index is 1790. The van der Waals surface area contributed by atoms with Crippen LogP contribution < -0.4 is 0 Å². The van der Waals surface area contributed by atoms with Crippen molar-refractivity contribution in [3.05, 3.63) is 0 Å². The Morgan fingerprint density at radius 3 is 0.826 bits per heavy atom. The van der Waals surface area contributed by atoms with Gasteiger partial charge >= 0.3 is 39.5 Å². The van der Waals surface area contributed by atoms with Crippen LogP contribution in [0.4, 0.5) is 0 Å². The van der Waals surface area contributed by atoms with Crippen LogP contribution in [-0.2, 0) is 65.4 Å². The third kappa shape index (κ3) is 65.4. The van der Waals surface area contributed by atoms with Crippen LogP contribution in [0.15, 0.2) is 0 Å². The van der Waals surface area contributed by atoms with Crippen LogP contribution in [0, 0.1) is 11.8 Å². The fourth-order valence-corrected chi connectivity index (χ4v) is 12.7. The van der Waals surface area contributed by atoms with Crippen LogP contribution in [0.3, 0.4) is 0 Å². The number of phosphoric acid groups is 2. The highest BCUT2D eigenvalue weighted by Gasteiger charge is 2.30. The number of carbonyl (C=O) groups excluding carboxylic acids is 4. The van der Waals surface area contributed by atoms with Crippen molar-refractivity contribution in [2.75, 3.05) is 39.6 Å². The maximum Gasteiger partial charge on any atom is 0.472 e. The topological polar surface area (TPSA) is 237 Å². The molecule has 3 N–H and O–H groups in total. The first-order valence-corrected chi connectivity index (χ1v) is 41.0. The number of hydrogen-bond acceptors (Lipinski definition) is 15. The van der Waals surface area contributed by atoms with E-state index in [9.17, 15) is 43.2 Å². The predicted octanol–water partition coefficient (Wildman–Crippen LogP) is 21.2. The van der Waals surface area contributed by atoms with E-state index in [0.717, 1.165) is 108 Å². The first kappa shape index (κ1) is 90.1. The summed E-state index contributed by atoms with van der Waals surface area (Å²) in [6.45, 7) is 9.49. The van der Waals surface area contributed by atoms with Gasteiger partial charge in [0.1, 0.15) is 19.3 Å². The number of esters is 4. The number of aliphatic hydroxyl groups is 1. The second kappa shape index (κ2) is 65.0. The van der Waals surface area contributed by atoms with E-state index in [1.807, 2.05) is 0 Å². The van der Waals surface area contributed by atoms with E-state index in [1.54, 1.807) is 0 Å². The van der Waals surface area contributed by atoms with Crippen LogP contribution >= 0.6 is 15.6 Å². The third-order valence-electron chi connectivity index (χ3n) is 17.3. The lowest BCUT2D eigenvalue weighted by Crippen LogP contribution is -2.30. The molecular weight excluding hydrogens is 1210 g/mol. The first-order valence-electron chi connectivity index (χ1n) is 38.0. The Balaban J connectivity index is 5.19. The van der Waals surface area contributed by atoms with Gasteiger partial charge < -0.3 is 33.8 Å². The van der Waals surface area contributed by atoms with Crippen LogP contribution in [-0.4, -0.2) is 96.7 Å². The molecule has 0 heterocycles. The number of hydrogen-bond donors (Lipinski definition) is 3. The third-order valence-corrected chi connectivity index (χ3v) is 19.2. The Morgan fingerprint density at radius 1 is 0.315 bits per heavy atom. The molecule has 0 aliphatic rings. The first-order chi connectivity index (χ1) is 44.4. The number of phosphoric ester groups is 2. The summed E-state index contributed by atoms with van der Waals surface area (Å²) < 4.78 is 68.3. The van der Waals surface area contributed by atoms with Gasteiger partial charge in [0.2, 0.25) is 0 Å².